The highest BCUT2D eigenvalue weighted by Gasteiger charge is 2.25. The van der Waals surface area contributed by atoms with Crippen LogP contribution in [0.25, 0.3) is 0 Å². The van der Waals surface area contributed by atoms with Gasteiger partial charge in [0, 0.05) is 37.6 Å². The molecule has 0 bridgehead atoms. The van der Waals surface area contributed by atoms with E-state index in [4.69, 9.17) is 16.0 Å². The molecule has 3 aromatic heterocycles. The maximum Gasteiger partial charge on any atom is 0.291 e. The van der Waals surface area contributed by atoms with E-state index in [9.17, 15) is 9.59 Å². The van der Waals surface area contributed by atoms with E-state index in [1.54, 1.807) is 23.5 Å². The van der Waals surface area contributed by atoms with Gasteiger partial charge in [0.05, 0.1) is 20.5 Å². The molecule has 0 atom stereocenters. The lowest BCUT2D eigenvalue weighted by Gasteiger charge is -2.34. The Morgan fingerprint density at radius 2 is 1.97 bits per heavy atom. The number of carbonyl (C=O) groups is 2. The third-order valence-corrected chi connectivity index (χ3v) is 7.12. The number of anilines is 1. The van der Waals surface area contributed by atoms with Crippen LogP contribution < -0.4 is 5.32 Å². The molecule has 1 aliphatic heterocycles. The molecule has 1 N–H and O–H groups in total. The van der Waals surface area contributed by atoms with Crippen LogP contribution in [0, 0.1) is 6.92 Å². The molecule has 152 valence electrons. The van der Waals surface area contributed by atoms with Crippen molar-refractivity contribution in [2.75, 3.05) is 31.5 Å². The predicted molar refractivity (Wildman–Crippen MR) is 116 cm³/mol. The van der Waals surface area contributed by atoms with Gasteiger partial charge in [-0.25, -0.2) is 0 Å². The number of furan rings is 1. The molecule has 1 fully saturated rings. The first kappa shape index (κ1) is 20.2. The Balaban J connectivity index is 1.35. The fourth-order valence-electron chi connectivity index (χ4n) is 3.25. The SMILES string of the molecule is Cc1cc(NC(=O)c2ccco2)sc1C(=O)N1CCN(Cc2ccc(Cl)s2)CC1. The Kier molecular flexibility index (Phi) is 6.05. The zero-order valence-electron chi connectivity index (χ0n) is 15.8. The lowest BCUT2D eigenvalue weighted by Crippen LogP contribution is -2.48. The molecule has 0 aromatic carbocycles. The average molecular weight is 450 g/mol. The number of nitrogens with one attached hydrogen (secondary N) is 1. The molecule has 0 radical (unpaired) electrons. The molecule has 29 heavy (non-hydrogen) atoms. The monoisotopic (exact) mass is 449 g/mol. The molecule has 6 nitrogen and oxygen atoms in total. The van der Waals surface area contributed by atoms with Crippen LogP contribution in [0.1, 0.15) is 30.7 Å². The minimum Gasteiger partial charge on any atom is -0.459 e. The van der Waals surface area contributed by atoms with E-state index in [2.05, 4.69) is 16.3 Å². The van der Waals surface area contributed by atoms with Crippen LogP contribution in [0.3, 0.4) is 0 Å². The van der Waals surface area contributed by atoms with E-state index in [0.29, 0.717) is 23.0 Å². The Labute approximate surface area is 181 Å². The summed E-state index contributed by atoms with van der Waals surface area (Å²) in [5, 5.41) is 3.44. The summed E-state index contributed by atoms with van der Waals surface area (Å²) in [5.74, 6) is -0.0607. The van der Waals surface area contributed by atoms with Crippen molar-refractivity contribution in [3.05, 3.63) is 62.0 Å². The van der Waals surface area contributed by atoms with Gasteiger partial charge < -0.3 is 14.6 Å². The number of hydrogen-bond acceptors (Lipinski definition) is 6. The first-order chi connectivity index (χ1) is 14.0. The van der Waals surface area contributed by atoms with Crippen molar-refractivity contribution in [2.45, 2.75) is 13.5 Å². The molecular weight excluding hydrogens is 430 g/mol. The second-order valence-electron chi connectivity index (χ2n) is 6.83. The first-order valence-electron chi connectivity index (χ1n) is 9.21. The van der Waals surface area contributed by atoms with Gasteiger partial charge in [0.25, 0.3) is 11.8 Å². The zero-order valence-corrected chi connectivity index (χ0v) is 18.2. The number of amides is 2. The van der Waals surface area contributed by atoms with Crippen molar-refractivity contribution < 1.29 is 14.0 Å². The number of aryl methyl sites for hydroxylation is 1. The molecular formula is C20H20ClN3O3S2. The van der Waals surface area contributed by atoms with Gasteiger partial charge in [-0.15, -0.1) is 22.7 Å². The lowest BCUT2D eigenvalue weighted by atomic mass is 10.2. The van der Waals surface area contributed by atoms with Crippen molar-refractivity contribution in [1.29, 1.82) is 0 Å². The third-order valence-electron chi connectivity index (χ3n) is 4.76. The normalized spacial score (nSPS) is 14.9. The Morgan fingerprint density at radius 1 is 1.17 bits per heavy atom. The van der Waals surface area contributed by atoms with Crippen molar-refractivity contribution >= 4 is 51.1 Å². The van der Waals surface area contributed by atoms with Crippen molar-refractivity contribution in [2.24, 2.45) is 0 Å². The highest BCUT2D eigenvalue weighted by molar-refractivity contribution is 7.18. The predicted octanol–water partition coefficient (Wildman–Crippen LogP) is 4.57. The van der Waals surface area contributed by atoms with Crippen LogP contribution in [-0.2, 0) is 6.54 Å². The van der Waals surface area contributed by atoms with Crippen molar-refractivity contribution in [1.82, 2.24) is 9.80 Å². The van der Waals surface area contributed by atoms with Crippen LogP contribution in [0.5, 0.6) is 0 Å². The van der Waals surface area contributed by atoms with Gasteiger partial charge in [-0.2, -0.15) is 0 Å². The lowest BCUT2D eigenvalue weighted by molar-refractivity contribution is 0.0633. The van der Waals surface area contributed by atoms with E-state index in [1.165, 1.54) is 22.5 Å². The highest BCUT2D eigenvalue weighted by atomic mass is 35.5. The standard InChI is InChI=1S/C20H20ClN3O3S2/c1-13-11-17(22-19(25)15-3-2-10-27-15)29-18(13)20(26)24-8-6-23(7-9-24)12-14-4-5-16(21)28-14/h2-5,10-11H,6-9,12H2,1H3,(H,22,25). The first-order valence-corrected chi connectivity index (χ1v) is 11.2. The Hall–Kier alpha value is -2.13. The quantitative estimate of drug-likeness (QED) is 0.619. The molecule has 2 amide bonds. The fraction of sp³-hybridized carbons (Fsp3) is 0.300. The van der Waals surface area contributed by atoms with E-state index in [-0.39, 0.29) is 17.6 Å². The maximum absolute atomic E-state index is 13.0. The maximum atomic E-state index is 13.0. The van der Waals surface area contributed by atoms with Crippen LogP contribution >= 0.6 is 34.3 Å². The third kappa shape index (κ3) is 4.72. The highest BCUT2D eigenvalue weighted by Crippen LogP contribution is 2.29. The number of halogens is 1. The number of hydrogen-bond donors (Lipinski definition) is 1. The smallest absolute Gasteiger partial charge is 0.291 e. The van der Waals surface area contributed by atoms with Gasteiger partial charge in [0.1, 0.15) is 0 Å². The minimum atomic E-state index is -0.322. The molecule has 3 aromatic rings. The molecule has 0 unspecified atom stereocenters. The summed E-state index contributed by atoms with van der Waals surface area (Å²) in [5.41, 5.74) is 0.866. The molecule has 1 saturated heterocycles. The summed E-state index contributed by atoms with van der Waals surface area (Å²) in [7, 11) is 0. The summed E-state index contributed by atoms with van der Waals surface area (Å²) in [6.07, 6.45) is 1.45. The summed E-state index contributed by atoms with van der Waals surface area (Å²) >= 11 is 8.90. The van der Waals surface area contributed by atoms with Crippen LogP contribution in [0.15, 0.2) is 41.0 Å². The van der Waals surface area contributed by atoms with Gasteiger partial charge in [0.15, 0.2) is 5.76 Å². The molecule has 4 heterocycles. The van der Waals surface area contributed by atoms with Gasteiger partial charge >= 0.3 is 0 Å². The second kappa shape index (κ2) is 8.71. The van der Waals surface area contributed by atoms with E-state index in [0.717, 1.165) is 29.5 Å². The number of nitrogens with zero attached hydrogens (tertiary/aromatic N) is 2. The van der Waals surface area contributed by atoms with Crippen molar-refractivity contribution in [3.63, 3.8) is 0 Å². The van der Waals surface area contributed by atoms with Crippen molar-refractivity contribution in [3.8, 4) is 0 Å². The molecule has 0 spiro atoms. The largest absolute Gasteiger partial charge is 0.459 e. The van der Waals surface area contributed by atoms with Gasteiger partial charge in [-0.1, -0.05) is 11.6 Å². The Bertz CT molecular complexity index is 1000. The molecule has 9 heteroatoms. The van der Waals surface area contributed by atoms with Gasteiger partial charge in [0.2, 0.25) is 0 Å². The van der Waals surface area contributed by atoms with E-state index in [1.807, 2.05) is 24.0 Å². The topological polar surface area (TPSA) is 65.8 Å². The van der Waals surface area contributed by atoms with Gasteiger partial charge in [-0.05, 0) is 42.8 Å². The van der Waals surface area contributed by atoms with Crippen LogP contribution in [0.2, 0.25) is 4.34 Å². The summed E-state index contributed by atoms with van der Waals surface area (Å²) in [6.45, 7) is 5.78. The zero-order chi connectivity index (χ0) is 20.4. The van der Waals surface area contributed by atoms with Crippen LogP contribution in [0.4, 0.5) is 5.00 Å². The number of carbonyl (C=O) groups excluding carboxylic acids is 2. The summed E-state index contributed by atoms with van der Waals surface area (Å²) in [4.78, 5) is 31.3. The number of piperazine rings is 1. The van der Waals surface area contributed by atoms with Gasteiger partial charge in [-0.3, -0.25) is 14.5 Å². The number of thiophene rings is 2. The van der Waals surface area contributed by atoms with E-state index < -0.39 is 0 Å². The second-order valence-corrected chi connectivity index (χ2v) is 9.68. The molecule has 0 saturated carbocycles. The summed E-state index contributed by atoms with van der Waals surface area (Å²) in [6, 6.07) is 9.07. The van der Waals surface area contributed by atoms with Crippen LogP contribution in [-0.4, -0.2) is 47.8 Å². The molecule has 4 rings (SSSR count). The molecule has 1 aliphatic rings. The summed E-state index contributed by atoms with van der Waals surface area (Å²) < 4.78 is 5.91. The minimum absolute atomic E-state index is 0.0183. The molecule has 0 aliphatic carbocycles. The average Bonchev–Trinajstić information content (AvgIpc) is 3.44. The Morgan fingerprint density at radius 3 is 2.62 bits per heavy atom. The van der Waals surface area contributed by atoms with E-state index >= 15 is 0 Å². The number of rotatable bonds is 5. The fourth-order valence-corrected chi connectivity index (χ4v) is 5.41.